The molecular weight excluding hydrogens is 498 g/mol. The number of carbonyl (C=O) groups is 1. The van der Waals surface area contributed by atoms with Crippen molar-refractivity contribution in [2.45, 2.75) is 51.4 Å². The van der Waals surface area contributed by atoms with E-state index in [2.05, 4.69) is 36.4 Å². The largest absolute Gasteiger partial charge is 0.493 e. The molecule has 5 rings (SSSR count). The summed E-state index contributed by atoms with van der Waals surface area (Å²) in [4.78, 5) is 16.8. The minimum atomic E-state index is -0.126. The zero-order valence-electron chi connectivity index (χ0n) is 21.6. The van der Waals surface area contributed by atoms with E-state index in [1.807, 2.05) is 43.3 Å². The summed E-state index contributed by atoms with van der Waals surface area (Å²) in [5.41, 5.74) is 5.57. The highest BCUT2D eigenvalue weighted by atomic mass is 35.5. The number of rotatable bonds is 11. The van der Waals surface area contributed by atoms with Crippen LogP contribution in [0.5, 0.6) is 5.75 Å². The van der Waals surface area contributed by atoms with Crippen LogP contribution in [-0.2, 0) is 35.2 Å². The van der Waals surface area contributed by atoms with Gasteiger partial charge in [-0.25, -0.2) is 4.98 Å². The van der Waals surface area contributed by atoms with E-state index in [4.69, 9.17) is 30.5 Å². The molecule has 0 radical (unpaired) electrons. The summed E-state index contributed by atoms with van der Waals surface area (Å²) in [5.74, 6) is 2.43. The molecule has 1 atom stereocenters. The molecule has 1 unspecified atom stereocenters. The zero-order chi connectivity index (χ0) is 26.3. The first-order valence-electron chi connectivity index (χ1n) is 13.3. The Labute approximate surface area is 228 Å². The van der Waals surface area contributed by atoms with Gasteiger partial charge in [0.05, 0.1) is 25.3 Å². The molecule has 1 aromatic heterocycles. The van der Waals surface area contributed by atoms with Gasteiger partial charge in [-0.15, -0.1) is 0 Å². The van der Waals surface area contributed by atoms with Crippen LogP contribution in [-0.4, -0.2) is 24.2 Å². The molecule has 0 saturated carbocycles. The molecular formula is C32H32ClNO4. The number of esters is 1. The van der Waals surface area contributed by atoms with Crippen LogP contribution >= 0.6 is 11.6 Å². The minimum absolute atomic E-state index is 0.126. The molecule has 0 bridgehead atoms. The summed E-state index contributed by atoms with van der Waals surface area (Å²) >= 11 is 6.07. The molecule has 5 nitrogen and oxygen atoms in total. The quantitative estimate of drug-likeness (QED) is 0.190. The Balaban J connectivity index is 1.25. The van der Waals surface area contributed by atoms with Crippen LogP contribution in [0.2, 0.25) is 5.02 Å². The number of ether oxygens (including phenoxy) is 2. The third kappa shape index (κ3) is 6.46. The molecule has 1 aliphatic rings. The van der Waals surface area contributed by atoms with Crippen molar-refractivity contribution in [3.8, 4) is 17.2 Å². The van der Waals surface area contributed by atoms with Gasteiger partial charge in [0.2, 0.25) is 5.89 Å². The second kappa shape index (κ2) is 12.3. The van der Waals surface area contributed by atoms with E-state index in [0.717, 1.165) is 48.5 Å². The van der Waals surface area contributed by atoms with Gasteiger partial charge in [0.25, 0.3) is 0 Å². The second-order valence-electron chi connectivity index (χ2n) is 9.59. The van der Waals surface area contributed by atoms with Crippen LogP contribution < -0.4 is 4.74 Å². The van der Waals surface area contributed by atoms with Crippen LogP contribution in [0.15, 0.2) is 77.2 Å². The maximum Gasteiger partial charge on any atom is 0.306 e. The highest BCUT2D eigenvalue weighted by Gasteiger charge is 2.25. The van der Waals surface area contributed by atoms with Crippen molar-refractivity contribution >= 4 is 17.6 Å². The van der Waals surface area contributed by atoms with Gasteiger partial charge in [0.15, 0.2) is 0 Å². The summed E-state index contributed by atoms with van der Waals surface area (Å²) < 4.78 is 17.5. The molecule has 0 saturated heterocycles. The molecule has 1 aliphatic carbocycles. The SMILES string of the molecule is CCOC(=O)CC1CCc2cc(OCCc3nc(-c4ccc(Cl)cc4)oc3CCc3ccccc3)ccc21. The first-order chi connectivity index (χ1) is 18.6. The van der Waals surface area contributed by atoms with E-state index in [1.165, 1.54) is 16.7 Å². The summed E-state index contributed by atoms with van der Waals surface area (Å²) in [6.07, 6.45) is 4.64. The number of aryl methyl sites for hydroxylation is 3. The molecule has 4 aromatic rings. The Morgan fingerprint density at radius 3 is 2.63 bits per heavy atom. The second-order valence-corrected chi connectivity index (χ2v) is 10.0. The molecule has 38 heavy (non-hydrogen) atoms. The summed E-state index contributed by atoms with van der Waals surface area (Å²) in [5, 5.41) is 0.680. The fourth-order valence-electron chi connectivity index (χ4n) is 5.06. The van der Waals surface area contributed by atoms with Gasteiger partial charge in [0.1, 0.15) is 11.5 Å². The van der Waals surface area contributed by atoms with Gasteiger partial charge in [0, 0.05) is 23.4 Å². The van der Waals surface area contributed by atoms with Gasteiger partial charge in [-0.2, -0.15) is 0 Å². The maximum absolute atomic E-state index is 11.9. The van der Waals surface area contributed by atoms with Gasteiger partial charge in [-0.1, -0.05) is 48.0 Å². The number of hydrogen-bond acceptors (Lipinski definition) is 5. The highest BCUT2D eigenvalue weighted by molar-refractivity contribution is 6.30. The monoisotopic (exact) mass is 529 g/mol. The number of hydrogen-bond donors (Lipinski definition) is 0. The number of oxazole rings is 1. The van der Waals surface area contributed by atoms with Crippen molar-refractivity contribution in [1.29, 1.82) is 0 Å². The normalized spacial score (nSPS) is 14.3. The van der Waals surface area contributed by atoms with E-state index in [1.54, 1.807) is 0 Å². The number of fused-ring (bicyclic) bond motifs is 1. The third-order valence-corrected chi connectivity index (χ3v) is 7.25. The zero-order valence-corrected chi connectivity index (χ0v) is 22.4. The Bertz CT molecular complexity index is 1360. The lowest BCUT2D eigenvalue weighted by atomic mass is 9.98. The number of benzene rings is 3. The lowest BCUT2D eigenvalue weighted by molar-refractivity contribution is -0.143. The summed E-state index contributed by atoms with van der Waals surface area (Å²) in [6, 6.07) is 24.1. The lowest BCUT2D eigenvalue weighted by Gasteiger charge is -2.12. The van der Waals surface area contributed by atoms with Crippen molar-refractivity contribution in [2.24, 2.45) is 0 Å². The fraction of sp³-hybridized carbons (Fsp3) is 0.312. The standard InChI is InChI=1S/C32H32ClNO4/c1-2-36-31(35)21-25-10-9-24-20-27(15-16-28(24)25)37-19-18-29-30(17-8-22-6-4-3-5-7-22)38-32(34-29)23-11-13-26(33)14-12-23/h3-7,11-16,20,25H,2,8-10,17-19,21H2,1H3. The number of aromatic nitrogens is 1. The van der Waals surface area contributed by atoms with Crippen LogP contribution in [0, 0.1) is 0 Å². The smallest absolute Gasteiger partial charge is 0.306 e. The summed E-state index contributed by atoms with van der Waals surface area (Å²) in [6.45, 7) is 2.76. The molecule has 1 heterocycles. The topological polar surface area (TPSA) is 61.6 Å². The van der Waals surface area contributed by atoms with Crippen LogP contribution in [0.25, 0.3) is 11.5 Å². The number of halogens is 1. The first-order valence-corrected chi connectivity index (χ1v) is 13.7. The minimum Gasteiger partial charge on any atom is -0.493 e. The van der Waals surface area contributed by atoms with Crippen LogP contribution in [0.3, 0.4) is 0 Å². The lowest BCUT2D eigenvalue weighted by Crippen LogP contribution is -2.08. The van der Waals surface area contributed by atoms with Crippen molar-refractivity contribution in [3.63, 3.8) is 0 Å². The van der Waals surface area contributed by atoms with E-state index in [0.29, 0.717) is 37.0 Å². The van der Waals surface area contributed by atoms with Crippen LogP contribution in [0.4, 0.5) is 0 Å². The fourth-order valence-corrected chi connectivity index (χ4v) is 5.19. The Kier molecular flexibility index (Phi) is 8.44. The third-order valence-electron chi connectivity index (χ3n) is 7.00. The predicted molar refractivity (Wildman–Crippen MR) is 149 cm³/mol. The van der Waals surface area contributed by atoms with Crippen molar-refractivity contribution in [1.82, 2.24) is 4.98 Å². The predicted octanol–water partition coefficient (Wildman–Crippen LogP) is 7.38. The molecule has 0 fully saturated rings. The van der Waals surface area contributed by atoms with Crippen LogP contribution in [0.1, 0.15) is 53.8 Å². The molecule has 196 valence electrons. The van der Waals surface area contributed by atoms with Gasteiger partial charge in [-0.3, -0.25) is 4.79 Å². The maximum atomic E-state index is 11.9. The average molecular weight is 530 g/mol. The van der Waals surface area contributed by atoms with Crippen molar-refractivity contribution in [2.75, 3.05) is 13.2 Å². The van der Waals surface area contributed by atoms with Crippen molar-refractivity contribution < 1.29 is 18.7 Å². The van der Waals surface area contributed by atoms with Gasteiger partial charge >= 0.3 is 5.97 Å². The van der Waals surface area contributed by atoms with Crippen molar-refractivity contribution in [3.05, 3.63) is 106 Å². The van der Waals surface area contributed by atoms with E-state index < -0.39 is 0 Å². The average Bonchev–Trinajstić information content (AvgIpc) is 3.52. The molecule has 0 aliphatic heterocycles. The summed E-state index contributed by atoms with van der Waals surface area (Å²) in [7, 11) is 0. The van der Waals surface area contributed by atoms with Gasteiger partial charge < -0.3 is 13.9 Å². The van der Waals surface area contributed by atoms with E-state index in [-0.39, 0.29) is 11.9 Å². The number of nitrogens with zero attached hydrogens (tertiary/aromatic N) is 1. The molecule has 0 amide bonds. The Morgan fingerprint density at radius 1 is 1.03 bits per heavy atom. The number of carbonyl (C=O) groups excluding carboxylic acids is 1. The Hall–Kier alpha value is -3.57. The Morgan fingerprint density at radius 2 is 1.84 bits per heavy atom. The van der Waals surface area contributed by atoms with Gasteiger partial charge in [-0.05, 0) is 85.2 Å². The van der Waals surface area contributed by atoms with E-state index in [9.17, 15) is 4.79 Å². The molecule has 6 heteroatoms. The van der Waals surface area contributed by atoms with E-state index >= 15 is 0 Å². The molecule has 0 N–H and O–H groups in total. The molecule has 3 aromatic carbocycles. The molecule has 0 spiro atoms. The first kappa shape index (κ1) is 26.1. The highest BCUT2D eigenvalue weighted by Crippen LogP contribution is 2.37.